The molecule has 50 heavy (non-hydrogen) atoms. The van der Waals surface area contributed by atoms with E-state index in [1.54, 1.807) is 107 Å². The molecule has 9 saturated carbocycles. The molecule has 0 heterocycles. The maximum atomic E-state index is 2.91. The average molecular weight is 665 g/mol. The number of hydrogen-bond donors (Lipinski definition) is 0. The molecule has 0 spiro atoms. The molecule has 12 rings (SSSR count). The van der Waals surface area contributed by atoms with Gasteiger partial charge in [-0.1, -0.05) is 112 Å². The van der Waals surface area contributed by atoms with E-state index in [-0.39, 0.29) is 0 Å². The number of hydrogen-bond acceptors (Lipinski definition) is 0. The fourth-order valence-electron chi connectivity index (χ4n) is 18.8. The molecule has 18 atom stereocenters. The van der Waals surface area contributed by atoms with Gasteiger partial charge in [0, 0.05) is 0 Å². The molecular weight excluding hydrogens is 601 g/mol. The van der Waals surface area contributed by atoms with E-state index >= 15 is 0 Å². The third-order valence-corrected chi connectivity index (χ3v) is 19.5. The number of rotatable bonds is 2. The highest BCUT2D eigenvalue weighted by molar-refractivity contribution is 5.82. The first-order valence-corrected chi connectivity index (χ1v) is 22.7. The summed E-state index contributed by atoms with van der Waals surface area (Å²) in [5, 5.41) is 0. The average Bonchev–Trinajstić information content (AvgIpc) is 3.68. The van der Waals surface area contributed by atoms with Gasteiger partial charge >= 0.3 is 0 Å². The molecule has 10 aliphatic rings. The van der Waals surface area contributed by atoms with E-state index < -0.39 is 0 Å². The van der Waals surface area contributed by atoms with Crippen LogP contribution in [0.15, 0.2) is 60.7 Å². The lowest BCUT2D eigenvalue weighted by atomic mass is 9.51. The van der Waals surface area contributed by atoms with Gasteiger partial charge in [0.15, 0.2) is 0 Å². The van der Waals surface area contributed by atoms with Gasteiger partial charge in [-0.2, -0.15) is 0 Å². The maximum absolute atomic E-state index is 2.91. The minimum absolute atomic E-state index is 0.728. The van der Waals surface area contributed by atoms with Crippen molar-refractivity contribution in [2.75, 3.05) is 0 Å². The highest BCUT2D eigenvalue weighted by Crippen LogP contribution is 2.76. The van der Waals surface area contributed by atoms with E-state index in [2.05, 4.69) is 60.7 Å². The Hall–Kier alpha value is -1.82. The summed E-state index contributed by atoms with van der Waals surface area (Å²) in [4.78, 5) is 0. The SMILES string of the molecule is C1=C(c2ccccc2)c2ccccc2CC1C1C2CCCC3C4CCCC5C6C7CCCCC7CCC6C(C6CC7CCCCC7C1C6C32)C45. The number of allylic oxidation sites excluding steroid dienone is 1. The molecule has 10 aliphatic carbocycles. The Morgan fingerprint density at radius 3 is 1.78 bits per heavy atom. The van der Waals surface area contributed by atoms with Crippen LogP contribution < -0.4 is 0 Å². The summed E-state index contributed by atoms with van der Waals surface area (Å²) < 4.78 is 0. The molecule has 0 heteroatoms. The fraction of sp³-hybridized carbons (Fsp3) is 0.720. The monoisotopic (exact) mass is 665 g/mol. The summed E-state index contributed by atoms with van der Waals surface area (Å²) in [6.07, 6.45) is 31.3. The van der Waals surface area contributed by atoms with Gasteiger partial charge in [0.05, 0.1) is 0 Å². The van der Waals surface area contributed by atoms with Crippen LogP contribution in [0.5, 0.6) is 0 Å². The van der Waals surface area contributed by atoms with Crippen molar-refractivity contribution in [2.24, 2.45) is 107 Å². The van der Waals surface area contributed by atoms with E-state index in [9.17, 15) is 0 Å². The van der Waals surface area contributed by atoms with E-state index in [1.165, 1.54) is 30.4 Å². The predicted molar refractivity (Wildman–Crippen MR) is 205 cm³/mol. The summed E-state index contributed by atoms with van der Waals surface area (Å²) in [5.41, 5.74) is 6.22. The van der Waals surface area contributed by atoms with Crippen LogP contribution in [-0.2, 0) is 6.42 Å². The van der Waals surface area contributed by atoms with Crippen LogP contribution in [-0.4, -0.2) is 0 Å². The highest BCUT2D eigenvalue weighted by Gasteiger charge is 2.70. The molecule has 0 aromatic heterocycles. The van der Waals surface area contributed by atoms with E-state index in [0.717, 1.165) is 107 Å². The minimum Gasteiger partial charge on any atom is -0.0723 e. The van der Waals surface area contributed by atoms with Crippen LogP contribution in [0.4, 0.5) is 0 Å². The third kappa shape index (κ3) is 4.29. The summed E-state index contributed by atoms with van der Waals surface area (Å²) >= 11 is 0. The molecule has 9 fully saturated rings. The van der Waals surface area contributed by atoms with Crippen LogP contribution >= 0.6 is 0 Å². The Balaban J connectivity index is 1.01. The second-order valence-corrected chi connectivity index (χ2v) is 20.6. The molecule has 0 N–H and O–H groups in total. The summed E-state index contributed by atoms with van der Waals surface area (Å²) in [6, 6.07) is 21.2. The summed E-state index contributed by atoms with van der Waals surface area (Å²) in [6.45, 7) is 0. The van der Waals surface area contributed by atoms with E-state index in [0.29, 0.717) is 0 Å². The van der Waals surface area contributed by atoms with E-state index in [1.807, 2.05) is 0 Å². The first-order chi connectivity index (χ1) is 24.8. The van der Waals surface area contributed by atoms with Crippen molar-refractivity contribution in [3.8, 4) is 0 Å². The Morgan fingerprint density at radius 1 is 0.380 bits per heavy atom. The van der Waals surface area contributed by atoms with Crippen molar-refractivity contribution in [3.63, 3.8) is 0 Å². The zero-order chi connectivity index (χ0) is 32.5. The molecule has 0 aliphatic heterocycles. The lowest BCUT2D eigenvalue weighted by molar-refractivity contribution is -0.0516. The second kappa shape index (κ2) is 11.8. The highest BCUT2D eigenvalue weighted by atomic mass is 14.7. The molecule has 0 bridgehead atoms. The molecule has 2 aromatic carbocycles. The fourth-order valence-corrected chi connectivity index (χ4v) is 18.8. The van der Waals surface area contributed by atoms with Crippen LogP contribution in [0.2, 0.25) is 0 Å². The van der Waals surface area contributed by atoms with Crippen molar-refractivity contribution in [2.45, 2.75) is 116 Å². The molecule has 264 valence electrons. The zero-order valence-corrected chi connectivity index (χ0v) is 30.9. The molecular formula is C50H64. The normalized spacial score (nSPS) is 51.1. The molecule has 18 unspecified atom stereocenters. The van der Waals surface area contributed by atoms with Gasteiger partial charge in [0.25, 0.3) is 0 Å². The second-order valence-electron chi connectivity index (χ2n) is 20.6. The van der Waals surface area contributed by atoms with Gasteiger partial charge < -0.3 is 0 Å². The number of fused-ring (bicyclic) bond motifs is 10. The topological polar surface area (TPSA) is 0 Å². The van der Waals surface area contributed by atoms with Gasteiger partial charge in [0.1, 0.15) is 0 Å². The van der Waals surface area contributed by atoms with Crippen LogP contribution in [0.25, 0.3) is 5.57 Å². The Morgan fingerprint density at radius 2 is 0.960 bits per heavy atom. The summed E-state index contributed by atoms with van der Waals surface area (Å²) in [5.74, 6) is 19.0. The van der Waals surface area contributed by atoms with Crippen LogP contribution in [0.1, 0.15) is 126 Å². The Bertz CT molecular complexity index is 1620. The third-order valence-electron chi connectivity index (χ3n) is 19.5. The first kappa shape index (κ1) is 30.6. The van der Waals surface area contributed by atoms with Crippen molar-refractivity contribution < 1.29 is 0 Å². The molecule has 0 radical (unpaired) electrons. The van der Waals surface area contributed by atoms with Crippen molar-refractivity contribution >= 4 is 5.57 Å². The predicted octanol–water partition coefficient (Wildman–Crippen LogP) is 12.5. The van der Waals surface area contributed by atoms with Crippen molar-refractivity contribution in [1.29, 1.82) is 0 Å². The molecule has 2 aromatic rings. The van der Waals surface area contributed by atoms with E-state index in [4.69, 9.17) is 0 Å². The van der Waals surface area contributed by atoms with Crippen LogP contribution in [0.3, 0.4) is 0 Å². The maximum Gasteiger partial charge on any atom is -0.0146 e. The lowest BCUT2D eigenvalue weighted by Gasteiger charge is -2.54. The van der Waals surface area contributed by atoms with Gasteiger partial charge in [-0.25, -0.2) is 0 Å². The van der Waals surface area contributed by atoms with Gasteiger partial charge in [-0.05, 0) is 193 Å². The Kier molecular flexibility index (Phi) is 7.25. The smallest absolute Gasteiger partial charge is 0.0146 e. The number of benzene rings is 2. The minimum atomic E-state index is 0.728. The largest absolute Gasteiger partial charge is 0.0723 e. The lowest BCUT2D eigenvalue weighted by Crippen LogP contribution is -2.48. The van der Waals surface area contributed by atoms with Crippen LogP contribution in [0, 0.1) is 107 Å². The molecule has 0 saturated heterocycles. The molecule has 0 nitrogen and oxygen atoms in total. The molecule has 0 amide bonds. The van der Waals surface area contributed by atoms with Crippen molar-refractivity contribution in [3.05, 3.63) is 77.4 Å². The quantitative estimate of drug-likeness (QED) is 0.300. The van der Waals surface area contributed by atoms with Crippen molar-refractivity contribution in [1.82, 2.24) is 0 Å². The first-order valence-electron chi connectivity index (χ1n) is 22.7. The van der Waals surface area contributed by atoms with Gasteiger partial charge in [-0.3, -0.25) is 0 Å². The summed E-state index contributed by atoms with van der Waals surface area (Å²) in [7, 11) is 0. The standard InChI is InChI=1S/C50H64/c1-2-12-29(13-3-1)42-28-33(26-31-15-5-7-17-34(31)42)44-39-22-10-21-38-37-20-11-23-40-45-35-18-8-4-14-30(35)24-25-41(45)48(46(37)40)43-27-32-16-6-9-19-36(32)49(44)50(43)47(38)39/h1-3,5,7,12-13,15,17,28,30,32-33,35-41,43-50H,4,6,8-11,14,16,18-27H2. The Labute approximate surface area is 304 Å². The zero-order valence-electron chi connectivity index (χ0n) is 30.9. The van der Waals surface area contributed by atoms with Gasteiger partial charge in [-0.15, -0.1) is 0 Å². The van der Waals surface area contributed by atoms with Gasteiger partial charge in [0.2, 0.25) is 0 Å².